The molecule has 3 aromatic heterocycles. The molecule has 1 N–H and O–H groups in total. The van der Waals surface area contributed by atoms with Gasteiger partial charge in [-0.15, -0.1) is 0 Å². The van der Waals surface area contributed by atoms with Crippen molar-refractivity contribution in [1.29, 1.82) is 0 Å². The number of hydrogen-bond donors (Lipinski definition) is 1. The molecule has 112 valence electrons. The first kappa shape index (κ1) is 14.3. The Balaban J connectivity index is 1.84. The Hall–Kier alpha value is -2.69. The van der Waals surface area contributed by atoms with E-state index in [9.17, 15) is 4.79 Å². The lowest BCUT2D eigenvalue weighted by molar-refractivity contribution is 0.0952. The maximum atomic E-state index is 12.5. The molecule has 0 unspecified atom stereocenters. The molecule has 0 aliphatic carbocycles. The number of aryl methyl sites for hydroxylation is 1. The number of hydrogen-bond acceptors (Lipinski definition) is 3. The van der Waals surface area contributed by atoms with Crippen LogP contribution < -0.4 is 5.32 Å². The predicted octanol–water partition coefficient (Wildman–Crippen LogP) is 2.77. The predicted molar refractivity (Wildman–Crippen MR) is 85.4 cm³/mol. The number of nitrogens with zero attached hydrogens (tertiary/aromatic N) is 3. The van der Waals surface area contributed by atoms with Crippen molar-refractivity contribution in [3.05, 3.63) is 60.2 Å². The zero-order valence-electron chi connectivity index (χ0n) is 12.5. The van der Waals surface area contributed by atoms with Crippen LogP contribution >= 0.6 is 0 Å². The van der Waals surface area contributed by atoms with Crippen molar-refractivity contribution in [3.8, 4) is 0 Å². The molecule has 0 atom stereocenters. The van der Waals surface area contributed by atoms with Crippen molar-refractivity contribution < 1.29 is 4.79 Å². The van der Waals surface area contributed by atoms with Crippen molar-refractivity contribution >= 4 is 16.9 Å². The van der Waals surface area contributed by atoms with Crippen LogP contribution in [0.2, 0.25) is 0 Å². The van der Waals surface area contributed by atoms with Crippen LogP contribution in [-0.4, -0.2) is 20.4 Å². The van der Waals surface area contributed by atoms with Crippen molar-refractivity contribution in [2.75, 3.05) is 0 Å². The maximum Gasteiger partial charge on any atom is 0.253 e. The summed E-state index contributed by atoms with van der Waals surface area (Å²) in [6.07, 6.45) is 8.11. The van der Waals surface area contributed by atoms with E-state index >= 15 is 0 Å². The molecular formula is C17H18N4O. The van der Waals surface area contributed by atoms with Crippen LogP contribution in [0.25, 0.3) is 11.0 Å². The zero-order chi connectivity index (χ0) is 15.4. The molecule has 0 saturated carbocycles. The fraction of sp³-hybridized carbons (Fsp3) is 0.235. The highest BCUT2D eigenvalue weighted by Crippen LogP contribution is 2.19. The van der Waals surface area contributed by atoms with E-state index in [4.69, 9.17) is 0 Å². The van der Waals surface area contributed by atoms with Gasteiger partial charge in [0.15, 0.2) is 0 Å². The topological polar surface area (TPSA) is 59.8 Å². The minimum absolute atomic E-state index is 0.0864. The minimum atomic E-state index is -0.0864. The molecule has 1 amide bonds. The quantitative estimate of drug-likeness (QED) is 0.787. The standard InChI is InChI=1S/C17H18N4O/c1-2-9-21-12-15(14-6-4-8-19-16(14)21)17(22)20-11-13-5-3-7-18-10-13/h3-8,10,12H,2,9,11H2,1H3,(H,20,22). The molecule has 0 spiro atoms. The lowest BCUT2D eigenvalue weighted by atomic mass is 10.2. The van der Waals surface area contributed by atoms with Crippen LogP contribution in [0.5, 0.6) is 0 Å². The molecule has 0 aliphatic rings. The zero-order valence-corrected chi connectivity index (χ0v) is 12.5. The Morgan fingerprint density at radius 3 is 2.91 bits per heavy atom. The van der Waals surface area contributed by atoms with E-state index in [1.54, 1.807) is 18.6 Å². The van der Waals surface area contributed by atoms with Gasteiger partial charge in [0.05, 0.1) is 5.56 Å². The van der Waals surface area contributed by atoms with Gasteiger partial charge in [0.2, 0.25) is 0 Å². The third-order valence-electron chi connectivity index (χ3n) is 3.52. The van der Waals surface area contributed by atoms with Gasteiger partial charge in [-0.3, -0.25) is 9.78 Å². The van der Waals surface area contributed by atoms with Crippen LogP contribution in [0.4, 0.5) is 0 Å². The second-order valence-corrected chi connectivity index (χ2v) is 5.15. The van der Waals surface area contributed by atoms with Crippen molar-refractivity contribution in [2.24, 2.45) is 0 Å². The molecule has 3 heterocycles. The summed E-state index contributed by atoms with van der Waals surface area (Å²) in [5.74, 6) is -0.0864. The molecule has 3 rings (SSSR count). The van der Waals surface area contributed by atoms with Gasteiger partial charge in [0.25, 0.3) is 5.91 Å². The Bertz CT molecular complexity index is 780. The van der Waals surface area contributed by atoms with Crippen LogP contribution in [0.15, 0.2) is 49.1 Å². The second-order valence-electron chi connectivity index (χ2n) is 5.15. The molecule has 5 heteroatoms. The molecule has 3 aromatic rings. The van der Waals surface area contributed by atoms with Gasteiger partial charge in [-0.1, -0.05) is 13.0 Å². The first-order valence-corrected chi connectivity index (χ1v) is 7.40. The Morgan fingerprint density at radius 1 is 1.27 bits per heavy atom. The van der Waals surface area contributed by atoms with E-state index in [2.05, 4.69) is 22.2 Å². The van der Waals surface area contributed by atoms with E-state index in [0.29, 0.717) is 12.1 Å². The third-order valence-corrected chi connectivity index (χ3v) is 3.52. The fourth-order valence-corrected chi connectivity index (χ4v) is 2.50. The van der Waals surface area contributed by atoms with Crippen molar-refractivity contribution in [3.63, 3.8) is 0 Å². The summed E-state index contributed by atoms with van der Waals surface area (Å²) in [5, 5.41) is 3.83. The molecule has 0 radical (unpaired) electrons. The van der Waals surface area contributed by atoms with Gasteiger partial charge in [-0.05, 0) is 30.2 Å². The summed E-state index contributed by atoms with van der Waals surface area (Å²) in [7, 11) is 0. The van der Waals surface area contributed by atoms with E-state index < -0.39 is 0 Å². The van der Waals surface area contributed by atoms with Crippen LogP contribution in [0, 0.1) is 0 Å². The summed E-state index contributed by atoms with van der Waals surface area (Å²) in [4.78, 5) is 20.9. The Labute approximate surface area is 129 Å². The second kappa shape index (κ2) is 6.39. The largest absolute Gasteiger partial charge is 0.348 e. The summed E-state index contributed by atoms with van der Waals surface area (Å²) >= 11 is 0. The number of fused-ring (bicyclic) bond motifs is 1. The van der Waals surface area contributed by atoms with Gasteiger partial charge < -0.3 is 9.88 Å². The van der Waals surface area contributed by atoms with E-state index in [1.807, 2.05) is 35.0 Å². The molecule has 0 bridgehead atoms. The highest BCUT2D eigenvalue weighted by atomic mass is 16.1. The summed E-state index contributed by atoms with van der Waals surface area (Å²) < 4.78 is 2.04. The average Bonchev–Trinajstić information content (AvgIpc) is 2.93. The smallest absolute Gasteiger partial charge is 0.253 e. The highest BCUT2D eigenvalue weighted by Gasteiger charge is 2.15. The number of rotatable bonds is 5. The number of nitrogens with one attached hydrogen (secondary N) is 1. The van der Waals surface area contributed by atoms with E-state index in [0.717, 1.165) is 29.6 Å². The highest BCUT2D eigenvalue weighted by molar-refractivity contribution is 6.06. The lowest BCUT2D eigenvalue weighted by Gasteiger charge is -2.03. The molecule has 0 fully saturated rings. The van der Waals surface area contributed by atoms with Crippen LogP contribution in [0.1, 0.15) is 29.3 Å². The maximum absolute atomic E-state index is 12.5. The fourth-order valence-electron chi connectivity index (χ4n) is 2.50. The molecule has 22 heavy (non-hydrogen) atoms. The SMILES string of the molecule is CCCn1cc(C(=O)NCc2cccnc2)c2cccnc21. The van der Waals surface area contributed by atoms with Crippen molar-refractivity contribution in [2.45, 2.75) is 26.4 Å². The van der Waals surface area contributed by atoms with Crippen LogP contribution in [0.3, 0.4) is 0 Å². The first-order valence-electron chi connectivity index (χ1n) is 7.40. The van der Waals surface area contributed by atoms with Gasteiger partial charge in [0, 0.05) is 43.3 Å². The Morgan fingerprint density at radius 2 is 2.14 bits per heavy atom. The monoisotopic (exact) mass is 294 g/mol. The number of carbonyl (C=O) groups excluding carboxylic acids is 1. The molecule has 0 aliphatic heterocycles. The normalized spacial score (nSPS) is 10.8. The van der Waals surface area contributed by atoms with Gasteiger partial charge in [0.1, 0.15) is 5.65 Å². The number of pyridine rings is 2. The molecule has 5 nitrogen and oxygen atoms in total. The summed E-state index contributed by atoms with van der Waals surface area (Å²) in [5.41, 5.74) is 2.50. The van der Waals surface area contributed by atoms with Crippen LogP contribution in [-0.2, 0) is 13.1 Å². The van der Waals surface area contributed by atoms with Gasteiger partial charge >= 0.3 is 0 Å². The number of amides is 1. The number of aromatic nitrogens is 3. The Kier molecular flexibility index (Phi) is 4.14. The first-order chi connectivity index (χ1) is 10.8. The van der Waals surface area contributed by atoms with E-state index in [1.165, 1.54) is 0 Å². The van der Waals surface area contributed by atoms with E-state index in [-0.39, 0.29) is 5.91 Å². The molecule has 0 saturated heterocycles. The number of carbonyl (C=O) groups is 1. The average molecular weight is 294 g/mol. The molecule has 0 aromatic carbocycles. The van der Waals surface area contributed by atoms with Crippen molar-refractivity contribution in [1.82, 2.24) is 19.9 Å². The molecular weight excluding hydrogens is 276 g/mol. The summed E-state index contributed by atoms with van der Waals surface area (Å²) in [6.45, 7) is 3.42. The van der Waals surface area contributed by atoms with Gasteiger partial charge in [-0.2, -0.15) is 0 Å². The van der Waals surface area contributed by atoms with Gasteiger partial charge in [-0.25, -0.2) is 4.98 Å². The minimum Gasteiger partial charge on any atom is -0.348 e. The summed E-state index contributed by atoms with van der Waals surface area (Å²) in [6, 6.07) is 7.59. The third kappa shape index (κ3) is 2.83. The lowest BCUT2D eigenvalue weighted by Crippen LogP contribution is -2.22.